The van der Waals surface area contributed by atoms with E-state index in [4.69, 9.17) is 0 Å². The van der Waals surface area contributed by atoms with E-state index in [9.17, 15) is 14.4 Å². The number of anilines is 1. The fourth-order valence-electron chi connectivity index (χ4n) is 1.90. The van der Waals surface area contributed by atoms with Crippen LogP contribution in [0.2, 0.25) is 0 Å². The number of rotatable bonds is 4. The Bertz CT molecular complexity index is 841. The number of carbonyl (C=O) groups excluding carboxylic acids is 1. The molecular weight excluding hydrogens is 286 g/mol. The van der Waals surface area contributed by atoms with Gasteiger partial charge in [0.15, 0.2) is 0 Å². The topological polar surface area (TPSA) is 90.9 Å². The average Bonchev–Trinajstić information content (AvgIpc) is 2.95. The molecule has 0 saturated carbocycles. The summed E-state index contributed by atoms with van der Waals surface area (Å²) in [6, 6.07) is 0. The normalized spacial score (nSPS) is 11.0. The van der Waals surface area contributed by atoms with Crippen molar-refractivity contribution in [3.8, 4) is 0 Å². The first kappa shape index (κ1) is 15.5. The van der Waals surface area contributed by atoms with Gasteiger partial charge in [0, 0.05) is 39.1 Å². The highest BCUT2D eigenvalue weighted by atomic mass is 16.2. The molecule has 0 radical (unpaired) electrons. The lowest BCUT2D eigenvalue weighted by Gasteiger charge is -2.03. The number of nitrogens with zero attached hydrogens (tertiary/aromatic N) is 4. The van der Waals surface area contributed by atoms with E-state index in [1.165, 1.54) is 30.0 Å². The van der Waals surface area contributed by atoms with Crippen LogP contribution in [0.25, 0.3) is 6.08 Å². The zero-order valence-corrected chi connectivity index (χ0v) is 12.6. The fraction of sp³-hybridized carbons (Fsp3) is 0.286. The van der Waals surface area contributed by atoms with E-state index in [-0.39, 0.29) is 11.5 Å². The minimum Gasteiger partial charge on any atom is -0.320 e. The van der Waals surface area contributed by atoms with Gasteiger partial charge in [-0.3, -0.25) is 18.8 Å². The van der Waals surface area contributed by atoms with Gasteiger partial charge in [0.1, 0.15) is 0 Å². The van der Waals surface area contributed by atoms with E-state index in [1.807, 2.05) is 6.92 Å². The molecule has 0 saturated heterocycles. The van der Waals surface area contributed by atoms with Crippen LogP contribution in [-0.4, -0.2) is 24.8 Å². The standard InChI is InChI=1S/C14H17N5O3/c1-4-19-9-11(7-15-19)16-12(20)6-5-10-8-17(2)14(22)18(3)13(10)21/h5-9H,4H2,1-3H3,(H,16,20)/b6-5+. The second-order valence-electron chi connectivity index (χ2n) is 4.75. The molecule has 0 aliphatic carbocycles. The van der Waals surface area contributed by atoms with E-state index in [0.717, 1.165) is 4.57 Å². The van der Waals surface area contributed by atoms with Crippen LogP contribution >= 0.6 is 0 Å². The lowest BCUT2D eigenvalue weighted by molar-refractivity contribution is -0.111. The molecule has 1 N–H and O–H groups in total. The second kappa shape index (κ2) is 6.25. The molecule has 0 aliphatic rings. The molecule has 22 heavy (non-hydrogen) atoms. The van der Waals surface area contributed by atoms with Crippen molar-refractivity contribution in [2.45, 2.75) is 13.5 Å². The molecule has 2 aromatic heterocycles. The van der Waals surface area contributed by atoms with Gasteiger partial charge in [-0.05, 0) is 13.0 Å². The maximum absolute atomic E-state index is 11.9. The smallest absolute Gasteiger partial charge is 0.320 e. The van der Waals surface area contributed by atoms with E-state index < -0.39 is 11.2 Å². The lowest BCUT2D eigenvalue weighted by atomic mass is 10.3. The number of aryl methyl sites for hydroxylation is 2. The summed E-state index contributed by atoms with van der Waals surface area (Å²) in [7, 11) is 2.93. The Kier molecular flexibility index (Phi) is 4.40. The van der Waals surface area contributed by atoms with Gasteiger partial charge in [-0.2, -0.15) is 5.10 Å². The Morgan fingerprint density at radius 2 is 2.05 bits per heavy atom. The predicted molar refractivity (Wildman–Crippen MR) is 82.5 cm³/mol. The predicted octanol–water partition coefficient (Wildman–Crippen LogP) is -0.0477. The maximum Gasteiger partial charge on any atom is 0.330 e. The van der Waals surface area contributed by atoms with Crippen molar-refractivity contribution in [1.29, 1.82) is 0 Å². The number of aromatic nitrogens is 4. The highest BCUT2D eigenvalue weighted by molar-refractivity contribution is 6.01. The first-order chi connectivity index (χ1) is 10.4. The van der Waals surface area contributed by atoms with E-state index in [0.29, 0.717) is 12.2 Å². The van der Waals surface area contributed by atoms with Crippen LogP contribution in [0, 0.1) is 0 Å². The van der Waals surface area contributed by atoms with Gasteiger partial charge < -0.3 is 9.88 Å². The number of hydrogen-bond donors (Lipinski definition) is 1. The first-order valence-corrected chi connectivity index (χ1v) is 6.70. The lowest BCUT2D eigenvalue weighted by Crippen LogP contribution is -2.37. The number of amides is 1. The zero-order valence-electron chi connectivity index (χ0n) is 12.6. The minimum absolute atomic E-state index is 0.254. The molecule has 0 aromatic carbocycles. The van der Waals surface area contributed by atoms with Gasteiger partial charge in [-0.25, -0.2) is 4.79 Å². The SMILES string of the molecule is CCn1cc(NC(=O)/C=C/c2cn(C)c(=O)n(C)c2=O)cn1. The highest BCUT2D eigenvalue weighted by Gasteiger charge is 2.05. The van der Waals surface area contributed by atoms with Crippen LogP contribution in [0.3, 0.4) is 0 Å². The van der Waals surface area contributed by atoms with Crippen LogP contribution in [0.15, 0.2) is 34.3 Å². The summed E-state index contributed by atoms with van der Waals surface area (Å²) >= 11 is 0. The quantitative estimate of drug-likeness (QED) is 0.802. The largest absolute Gasteiger partial charge is 0.330 e. The van der Waals surface area contributed by atoms with Crippen molar-refractivity contribution < 1.29 is 4.79 Å². The Morgan fingerprint density at radius 3 is 2.68 bits per heavy atom. The fourth-order valence-corrected chi connectivity index (χ4v) is 1.90. The van der Waals surface area contributed by atoms with E-state index >= 15 is 0 Å². The van der Waals surface area contributed by atoms with Crippen LogP contribution in [-0.2, 0) is 25.4 Å². The highest BCUT2D eigenvalue weighted by Crippen LogP contribution is 2.04. The summed E-state index contributed by atoms with van der Waals surface area (Å²) in [5.41, 5.74) is -0.0431. The van der Waals surface area contributed by atoms with Crippen molar-refractivity contribution in [2.24, 2.45) is 14.1 Å². The van der Waals surface area contributed by atoms with E-state index in [2.05, 4.69) is 10.4 Å². The van der Waals surface area contributed by atoms with Gasteiger partial charge in [0.2, 0.25) is 5.91 Å². The molecule has 2 heterocycles. The van der Waals surface area contributed by atoms with Crippen molar-refractivity contribution in [3.63, 3.8) is 0 Å². The second-order valence-corrected chi connectivity index (χ2v) is 4.75. The molecule has 0 atom stereocenters. The molecule has 116 valence electrons. The Hall–Kier alpha value is -2.90. The Morgan fingerprint density at radius 1 is 1.32 bits per heavy atom. The van der Waals surface area contributed by atoms with Gasteiger partial charge in [0.05, 0.1) is 17.4 Å². The summed E-state index contributed by atoms with van der Waals surface area (Å²) in [6.07, 6.45) is 7.26. The van der Waals surface area contributed by atoms with Gasteiger partial charge in [-0.1, -0.05) is 0 Å². The monoisotopic (exact) mass is 303 g/mol. The average molecular weight is 303 g/mol. The third-order valence-corrected chi connectivity index (χ3v) is 3.11. The number of nitrogens with one attached hydrogen (secondary N) is 1. The molecule has 0 spiro atoms. The van der Waals surface area contributed by atoms with Crippen LogP contribution < -0.4 is 16.6 Å². The van der Waals surface area contributed by atoms with Crippen molar-refractivity contribution in [2.75, 3.05) is 5.32 Å². The summed E-state index contributed by atoms with van der Waals surface area (Å²) < 4.78 is 3.95. The Balaban J connectivity index is 2.16. The van der Waals surface area contributed by atoms with Crippen LogP contribution in [0.4, 0.5) is 5.69 Å². The molecule has 0 bridgehead atoms. The molecule has 1 amide bonds. The van der Waals surface area contributed by atoms with Crippen molar-refractivity contribution >= 4 is 17.7 Å². The molecule has 2 aromatic rings. The van der Waals surface area contributed by atoms with E-state index in [1.54, 1.807) is 24.1 Å². The van der Waals surface area contributed by atoms with Crippen molar-refractivity contribution in [1.82, 2.24) is 18.9 Å². The Labute approximate surface area is 126 Å². The van der Waals surface area contributed by atoms with Gasteiger partial charge >= 0.3 is 5.69 Å². The summed E-state index contributed by atoms with van der Waals surface area (Å²) in [4.78, 5) is 35.3. The molecular formula is C14H17N5O3. The third kappa shape index (κ3) is 3.22. The van der Waals surface area contributed by atoms with Crippen molar-refractivity contribution in [3.05, 3.63) is 51.1 Å². The van der Waals surface area contributed by atoms with Gasteiger partial charge in [0.25, 0.3) is 5.56 Å². The zero-order chi connectivity index (χ0) is 16.3. The van der Waals surface area contributed by atoms with Crippen LogP contribution in [0.1, 0.15) is 12.5 Å². The summed E-state index contributed by atoms with van der Waals surface area (Å²) in [5, 5.41) is 6.68. The third-order valence-electron chi connectivity index (χ3n) is 3.11. The first-order valence-electron chi connectivity index (χ1n) is 6.70. The summed E-state index contributed by atoms with van der Waals surface area (Å²) in [5.74, 6) is -0.383. The van der Waals surface area contributed by atoms with Gasteiger partial charge in [-0.15, -0.1) is 0 Å². The molecule has 0 fully saturated rings. The molecule has 0 aliphatic heterocycles. The maximum atomic E-state index is 11.9. The molecule has 8 nitrogen and oxygen atoms in total. The molecule has 8 heteroatoms. The number of carbonyl (C=O) groups is 1. The minimum atomic E-state index is -0.453. The number of hydrogen-bond acceptors (Lipinski definition) is 4. The van der Waals surface area contributed by atoms with Crippen LogP contribution in [0.5, 0.6) is 0 Å². The summed E-state index contributed by atoms with van der Waals surface area (Å²) in [6.45, 7) is 2.65. The molecule has 0 unspecified atom stereocenters. The molecule has 2 rings (SSSR count).